The van der Waals surface area contributed by atoms with Crippen molar-refractivity contribution in [3.8, 4) is 0 Å². The molecule has 1 aromatic carbocycles. The van der Waals surface area contributed by atoms with Gasteiger partial charge in [0.2, 0.25) is 5.91 Å². The molecule has 0 aliphatic heterocycles. The molecule has 1 aromatic heterocycles. The lowest BCUT2D eigenvalue weighted by Gasteiger charge is -2.09. The number of carbonyl (C=O) groups is 1. The molecular formula is C13H17N3O. The van der Waals surface area contributed by atoms with Crippen LogP contribution >= 0.6 is 0 Å². The molecule has 0 unspecified atom stereocenters. The largest absolute Gasteiger partial charge is 0.399 e. The minimum absolute atomic E-state index is 0.0225. The second-order valence-corrected chi connectivity index (χ2v) is 4.48. The number of benzene rings is 1. The van der Waals surface area contributed by atoms with Crippen molar-refractivity contribution in [2.75, 3.05) is 5.73 Å². The van der Waals surface area contributed by atoms with Gasteiger partial charge in [-0.2, -0.15) is 0 Å². The van der Waals surface area contributed by atoms with E-state index in [1.807, 2.05) is 48.9 Å². The highest BCUT2D eigenvalue weighted by Gasteiger charge is 2.07. The Balaban J connectivity index is 2.22. The number of aromatic nitrogens is 1. The summed E-state index contributed by atoms with van der Waals surface area (Å²) in [5.74, 6) is 0.0225. The number of nitrogens with two attached hydrogens (primary N) is 1. The molecule has 2 aromatic rings. The molecule has 0 radical (unpaired) electrons. The molecule has 1 amide bonds. The number of hydrogen-bond acceptors (Lipinski definition) is 2. The van der Waals surface area contributed by atoms with Gasteiger partial charge in [-0.3, -0.25) is 4.79 Å². The molecule has 17 heavy (non-hydrogen) atoms. The van der Waals surface area contributed by atoms with Crippen LogP contribution in [0, 0.1) is 0 Å². The fourth-order valence-corrected chi connectivity index (χ4v) is 1.88. The third kappa shape index (κ3) is 2.58. The van der Waals surface area contributed by atoms with Crippen molar-refractivity contribution >= 4 is 22.5 Å². The van der Waals surface area contributed by atoms with Gasteiger partial charge in [0.15, 0.2) is 0 Å². The van der Waals surface area contributed by atoms with Crippen molar-refractivity contribution < 1.29 is 4.79 Å². The topological polar surface area (TPSA) is 60.0 Å². The van der Waals surface area contributed by atoms with Gasteiger partial charge < -0.3 is 15.6 Å². The van der Waals surface area contributed by atoms with Gasteiger partial charge in [0, 0.05) is 28.8 Å². The third-order valence-electron chi connectivity index (χ3n) is 2.56. The van der Waals surface area contributed by atoms with Gasteiger partial charge in [-0.05, 0) is 38.1 Å². The minimum atomic E-state index is 0.0225. The average molecular weight is 231 g/mol. The predicted molar refractivity (Wildman–Crippen MR) is 69.6 cm³/mol. The standard InChI is InChI=1S/C13H17N3O/c1-9(2)15-13(17)8-16-6-5-10-7-11(14)3-4-12(10)16/h3-7,9H,8,14H2,1-2H3,(H,15,17). The van der Waals surface area contributed by atoms with Crippen molar-refractivity contribution in [3.63, 3.8) is 0 Å². The molecule has 0 aliphatic carbocycles. The number of fused-ring (bicyclic) bond motifs is 1. The molecule has 90 valence electrons. The van der Waals surface area contributed by atoms with E-state index in [1.165, 1.54) is 0 Å². The van der Waals surface area contributed by atoms with E-state index >= 15 is 0 Å². The first kappa shape index (κ1) is 11.5. The van der Waals surface area contributed by atoms with Gasteiger partial charge in [0.25, 0.3) is 0 Å². The van der Waals surface area contributed by atoms with E-state index in [1.54, 1.807) is 0 Å². The van der Waals surface area contributed by atoms with Gasteiger partial charge >= 0.3 is 0 Å². The molecule has 0 saturated heterocycles. The van der Waals surface area contributed by atoms with Gasteiger partial charge in [0.05, 0.1) is 0 Å². The lowest BCUT2D eigenvalue weighted by atomic mass is 10.2. The Labute approximate surface area is 100 Å². The van der Waals surface area contributed by atoms with Crippen LogP contribution in [0.2, 0.25) is 0 Å². The van der Waals surface area contributed by atoms with Crippen LogP contribution < -0.4 is 11.1 Å². The van der Waals surface area contributed by atoms with Crippen LogP contribution in [-0.4, -0.2) is 16.5 Å². The van der Waals surface area contributed by atoms with Gasteiger partial charge in [-0.1, -0.05) is 0 Å². The van der Waals surface area contributed by atoms with Crippen LogP contribution in [0.5, 0.6) is 0 Å². The van der Waals surface area contributed by atoms with E-state index < -0.39 is 0 Å². The highest BCUT2D eigenvalue weighted by Crippen LogP contribution is 2.18. The molecule has 0 saturated carbocycles. The molecule has 0 bridgehead atoms. The van der Waals surface area contributed by atoms with Crippen molar-refractivity contribution in [1.29, 1.82) is 0 Å². The number of nitrogens with one attached hydrogen (secondary N) is 1. The summed E-state index contributed by atoms with van der Waals surface area (Å²) in [5.41, 5.74) is 7.48. The number of amides is 1. The highest BCUT2D eigenvalue weighted by atomic mass is 16.2. The predicted octanol–water partition coefficient (Wildman–Crippen LogP) is 1.75. The van der Waals surface area contributed by atoms with Gasteiger partial charge in [0.1, 0.15) is 6.54 Å². The second-order valence-electron chi connectivity index (χ2n) is 4.48. The van der Waals surface area contributed by atoms with Crippen LogP contribution in [0.1, 0.15) is 13.8 Å². The number of anilines is 1. The molecule has 0 spiro atoms. The summed E-state index contributed by atoms with van der Waals surface area (Å²) in [6.07, 6.45) is 1.91. The Hall–Kier alpha value is -1.97. The summed E-state index contributed by atoms with van der Waals surface area (Å²) in [6, 6.07) is 7.83. The summed E-state index contributed by atoms with van der Waals surface area (Å²) < 4.78 is 1.92. The summed E-state index contributed by atoms with van der Waals surface area (Å²) in [4.78, 5) is 11.7. The summed E-state index contributed by atoms with van der Waals surface area (Å²) in [7, 11) is 0. The SMILES string of the molecule is CC(C)NC(=O)Cn1ccc2cc(N)ccc21. The maximum absolute atomic E-state index is 11.7. The van der Waals surface area contributed by atoms with Crippen molar-refractivity contribution in [2.45, 2.75) is 26.4 Å². The molecule has 2 rings (SSSR count). The van der Waals surface area contributed by atoms with Gasteiger partial charge in [-0.25, -0.2) is 0 Å². The summed E-state index contributed by atoms with van der Waals surface area (Å²) in [5, 5.41) is 3.93. The van der Waals surface area contributed by atoms with Crippen LogP contribution in [0.3, 0.4) is 0 Å². The third-order valence-corrected chi connectivity index (χ3v) is 2.56. The Morgan fingerprint density at radius 2 is 2.18 bits per heavy atom. The zero-order valence-electron chi connectivity index (χ0n) is 10.1. The Bertz CT molecular complexity index is 543. The fourth-order valence-electron chi connectivity index (χ4n) is 1.88. The maximum Gasteiger partial charge on any atom is 0.240 e. The monoisotopic (exact) mass is 231 g/mol. The Morgan fingerprint density at radius 3 is 2.88 bits per heavy atom. The van der Waals surface area contributed by atoms with Crippen molar-refractivity contribution in [3.05, 3.63) is 30.5 Å². The normalized spacial score (nSPS) is 11.0. The minimum Gasteiger partial charge on any atom is -0.399 e. The zero-order valence-corrected chi connectivity index (χ0v) is 10.1. The molecule has 4 nitrogen and oxygen atoms in total. The van der Waals surface area contributed by atoms with Crippen molar-refractivity contribution in [2.24, 2.45) is 0 Å². The maximum atomic E-state index is 11.7. The quantitative estimate of drug-likeness (QED) is 0.790. The van der Waals surface area contributed by atoms with Crippen LogP contribution in [0.15, 0.2) is 30.5 Å². The number of rotatable bonds is 3. The first-order chi connectivity index (χ1) is 8.06. The Morgan fingerprint density at radius 1 is 1.41 bits per heavy atom. The smallest absolute Gasteiger partial charge is 0.240 e. The van der Waals surface area contributed by atoms with E-state index in [0.29, 0.717) is 6.54 Å². The fraction of sp³-hybridized carbons (Fsp3) is 0.308. The number of nitrogen functional groups attached to an aromatic ring is 1. The van der Waals surface area contributed by atoms with Crippen LogP contribution in [-0.2, 0) is 11.3 Å². The van der Waals surface area contributed by atoms with Crippen LogP contribution in [0.4, 0.5) is 5.69 Å². The van der Waals surface area contributed by atoms with E-state index in [0.717, 1.165) is 16.6 Å². The second kappa shape index (κ2) is 4.49. The molecule has 0 aliphatic rings. The molecule has 4 heteroatoms. The van der Waals surface area contributed by atoms with Crippen LogP contribution in [0.25, 0.3) is 10.9 Å². The first-order valence-corrected chi connectivity index (χ1v) is 5.70. The Kier molecular flexibility index (Phi) is 3.04. The molecular weight excluding hydrogens is 214 g/mol. The lowest BCUT2D eigenvalue weighted by Crippen LogP contribution is -2.32. The van der Waals surface area contributed by atoms with E-state index in [4.69, 9.17) is 5.73 Å². The lowest BCUT2D eigenvalue weighted by molar-refractivity contribution is -0.122. The van der Waals surface area contributed by atoms with Gasteiger partial charge in [-0.15, -0.1) is 0 Å². The highest BCUT2D eigenvalue weighted by molar-refractivity contribution is 5.85. The number of nitrogens with zero attached hydrogens (tertiary/aromatic N) is 1. The summed E-state index contributed by atoms with van der Waals surface area (Å²) in [6.45, 7) is 4.24. The molecule has 3 N–H and O–H groups in total. The zero-order chi connectivity index (χ0) is 12.4. The summed E-state index contributed by atoms with van der Waals surface area (Å²) >= 11 is 0. The van der Waals surface area contributed by atoms with E-state index in [2.05, 4.69) is 5.32 Å². The average Bonchev–Trinajstić information content (AvgIpc) is 2.59. The number of carbonyl (C=O) groups excluding carboxylic acids is 1. The van der Waals surface area contributed by atoms with E-state index in [-0.39, 0.29) is 11.9 Å². The number of hydrogen-bond donors (Lipinski definition) is 2. The molecule has 1 heterocycles. The molecule has 0 fully saturated rings. The molecule has 0 atom stereocenters. The first-order valence-electron chi connectivity index (χ1n) is 5.70. The van der Waals surface area contributed by atoms with Crippen molar-refractivity contribution in [1.82, 2.24) is 9.88 Å². The van der Waals surface area contributed by atoms with E-state index in [9.17, 15) is 4.79 Å².